The topological polar surface area (TPSA) is 63.3 Å². The van der Waals surface area contributed by atoms with Gasteiger partial charge in [0, 0.05) is 0 Å². The molecule has 1 saturated carbocycles. The fraction of sp³-hybridized carbons (Fsp3) is 0.909. The maximum absolute atomic E-state index is 11.2. The highest BCUT2D eigenvalue weighted by Gasteiger charge is 2.42. The van der Waals surface area contributed by atoms with Crippen molar-refractivity contribution in [1.29, 1.82) is 0 Å². The zero-order valence-electron chi connectivity index (χ0n) is 9.29. The summed E-state index contributed by atoms with van der Waals surface area (Å²) in [6.45, 7) is 6.03. The maximum atomic E-state index is 11.2. The largest absolute Gasteiger partial charge is 0.389 e. The van der Waals surface area contributed by atoms with Crippen LogP contribution in [0.15, 0.2) is 0 Å². The van der Waals surface area contributed by atoms with Gasteiger partial charge in [-0.15, -0.1) is 0 Å². The second kappa shape index (κ2) is 3.89. The summed E-state index contributed by atoms with van der Waals surface area (Å²) in [4.78, 5) is 11.2. The molecule has 0 aromatic heterocycles. The highest BCUT2D eigenvalue weighted by molar-refractivity contribution is 5.78. The van der Waals surface area contributed by atoms with E-state index in [-0.39, 0.29) is 11.8 Å². The Bertz CT molecular complexity index is 223. The van der Waals surface area contributed by atoms with Gasteiger partial charge in [0.25, 0.3) is 0 Å². The van der Waals surface area contributed by atoms with Gasteiger partial charge in [-0.05, 0) is 38.0 Å². The lowest BCUT2D eigenvalue weighted by atomic mass is 9.68. The number of hydrogen-bond acceptors (Lipinski definition) is 2. The number of rotatable bonds is 2. The monoisotopic (exact) mass is 199 g/mol. The molecule has 0 radical (unpaired) electrons. The van der Waals surface area contributed by atoms with Crippen LogP contribution in [-0.2, 0) is 4.79 Å². The average Bonchev–Trinajstić information content (AvgIpc) is 2.02. The van der Waals surface area contributed by atoms with E-state index in [1.54, 1.807) is 6.92 Å². The van der Waals surface area contributed by atoms with Crippen molar-refractivity contribution in [3.8, 4) is 0 Å². The lowest BCUT2D eigenvalue weighted by molar-refractivity contribution is -0.136. The zero-order valence-corrected chi connectivity index (χ0v) is 9.29. The molecule has 3 unspecified atom stereocenters. The van der Waals surface area contributed by atoms with E-state index in [9.17, 15) is 9.90 Å². The van der Waals surface area contributed by atoms with Crippen LogP contribution < -0.4 is 5.73 Å². The van der Waals surface area contributed by atoms with Gasteiger partial charge in [-0.25, -0.2) is 0 Å². The van der Waals surface area contributed by atoms with Crippen molar-refractivity contribution in [2.24, 2.45) is 23.5 Å². The minimum atomic E-state index is -0.892. The molecule has 3 N–H and O–H groups in total. The van der Waals surface area contributed by atoms with Crippen molar-refractivity contribution in [3.05, 3.63) is 0 Å². The quantitative estimate of drug-likeness (QED) is 0.704. The minimum absolute atomic E-state index is 0.361. The molecule has 82 valence electrons. The number of primary amides is 1. The Hall–Kier alpha value is -0.570. The molecule has 0 saturated heterocycles. The van der Waals surface area contributed by atoms with Crippen LogP contribution in [0.4, 0.5) is 0 Å². The summed E-state index contributed by atoms with van der Waals surface area (Å²) in [5, 5.41) is 10.0. The van der Waals surface area contributed by atoms with Gasteiger partial charge in [0.05, 0.1) is 11.5 Å². The smallest absolute Gasteiger partial charge is 0.223 e. The van der Waals surface area contributed by atoms with Gasteiger partial charge < -0.3 is 10.8 Å². The van der Waals surface area contributed by atoms with Crippen LogP contribution in [0.3, 0.4) is 0 Å². The predicted molar refractivity (Wildman–Crippen MR) is 55.5 cm³/mol. The summed E-state index contributed by atoms with van der Waals surface area (Å²) in [7, 11) is 0. The van der Waals surface area contributed by atoms with Crippen molar-refractivity contribution in [2.45, 2.75) is 45.6 Å². The van der Waals surface area contributed by atoms with Gasteiger partial charge in [0.1, 0.15) is 0 Å². The molecule has 14 heavy (non-hydrogen) atoms. The molecular formula is C11H21NO2. The van der Waals surface area contributed by atoms with E-state index < -0.39 is 5.60 Å². The Balaban J connectivity index is 2.73. The van der Waals surface area contributed by atoms with Gasteiger partial charge in [0.2, 0.25) is 5.91 Å². The Morgan fingerprint density at radius 2 is 2.14 bits per heavy atom. The number of amides is 1. The maximum Gasteiger partial charge on any atom is 0.223 e. The number of carbonyl (C=O) groups is 1. The van der Waals surface area contributed by atoms with E-state index in [0.717, 1.165) is 12.8 Å². The SMILES string of the molecule is CC(C)C1CCC(C)(O)C(C(N)=O)C1. The predicted octanol–water partition coefficient (Wildman–Crippen LogP) is 1.29. The van der Waals surface area contributed by atoms with Crippen LogP contribution in [-0.4, -0.2) is 16.6 Å². The zero-order chi connectivity index (χ0) is 10.9. The minimum Gasteiger partial charge on any atom is -0.389 e. The molecule has 1 amide bonds. The molecule has 1 fully saturated rings. The number of nitrogens with two attached hydrogens (primary N) is 1. The van der Waals surface area contributed by atoms with Crippen LogP contribution in [0.25, 0.3) is 0 Å². The summed E-state index contributed by atoms with van der Waals surface area (Å²) < 4.78 is 0. The van der Waals surface area contributed by atoms with Crippen LogP contribution in [0.1, 0.15) is 40.0 Å². The first-order valence-corrected chi connectivity index (χ1v) is 5.36. The van der Waals surface area contributed by atoms with Crippen molar-refractivity contribution < 1.29 is 9.90 Å². The van der Waals surface area contributed by atoms with Crippen molar-refractivity contribution in [2.75, 3.05) is 0 Å². The fourth-order valence-corrected chi connectivity index (χ4v) is 2.35. The summed E-state index contributed by atoms with van der Waals surface area (Å²) in [5.74, 6) is 0.352. The first kappa shape index (κ1) is 11.5. The Morgan fingerprint density at radius 1 is 1.57 bits per heavy atom. The Kier molecular flexibility index (Phi) is 3.20. The second-order valence-electron chi connectivity index (χ2n) is 5.09. The summed E-state index contributed by atoms with van der Waals surface area (Å²) in [6, 6.07) is 0. The molecule has 1 aliphatic rings. The van der Waals surface area contributed by atoms with Crippen molar-refractivity contribution in [3.63, 3.8) is 0 Å². The highest BCUT2D eigenvalue weighted by Crippen LogP contribution is 2.39. The van der Waals surface area contributed by atoms with Crippen LogP contribution in [0, 0.1) is 17.8 Å². The molecular weight excluding hydrogens is 178 g/mol. The van der Waals surface area contributed by atoms with E-state index in [1.807, 2.05) is 0 Å². The van der Waals surface area contributed by atoms with Gasteiger partial charge in [0.15, 0.2) is 0 Å². The number of carbonyl (C=O) groups excluding carboxylic acids is 1. The molecule has 0 spiro atoms. The first-order chi connectivity index (χ1) is 6.34. The van der Waals surface area contributed by atoms with Gasteiger partial charge in [-0.2, -0.15) is 0 Å². The average molecular weight is 199 g/mol. The lowest BCUT2D eigenvalue weighted by Crippen LogP contribution is -2.47. The molecule has 0 aromatic rings. The fourth-order valence-electron chi connectivity index (χ4n) is 2.35. The molecule has 1 rings (SSSR count). The van der Waals surface area contributed by atoms with Gasteiger partial charge in [-0.1, -0.05) is 13.8 Å². The van der Waals surface area contributed by atoms with Crippen LogP contribution >= 0.6 is 0 Å². The third kappa shape index (κ3) is 2.27. The number of aliphatic hydroxyl groups is 1. The highest BCUT2D eigenvalue weighted by atomic mass is 16.3. The third-order valence-electron chi connectivity index (χ3n) is 3.60. The molecule has 0 bridgehead atoms. The first-order valence-electron chi connectivity index (χ1n) is 5.36. The molecule has 3 atom stereocenters. The van der Waals surface area contributed by atoms with Crippen molar-refractivity contribution in [1.82, 2.24) is 0 Å². The molecule has 0 heterocycles. The third-order valence-corrected chi connectivity index (χ3v) is 3.60. The summed E-state index contributed by atoms with van der Waals surface area (Å²) >= 11 is 0. The molecule has 0 aromatic carbocycles. The molecule has 3 heteroatoms. The lowest BCUT2D eigenvalue weighted by Gasteiger charge is -2.40. The van der Waals surface area contributed by atoms with E-state index in [1.165, 1.54) is 0 Å². The van der Waals surface area contributed by atoms with Crippen LogP contribution in [0.5, 0.6) is 0 Å². The molecule has 3 nitrogen and oxygen atoms in total. The normalized spacial score (nSPS) is 38.6. The Labute approximate surface area is 85.7 Å². The van der Waals surface area contributed by atoms with E-state index in [0.29, 0.717) is 18.3 Å². The van der Waals surface area contributed by atoms with Crippen LogP contribution in [0.2, 0.25) is 0 Å². The van der Waals surface area contributed by atoms with Crippen molar-refractivity contribution >= 4 is 5.91 Å². The van der Waals surface area contributed by atoms with Gasteiger partial charge >= 0.3 is 0 Å². The number of hydrogen-bond donors (Lipinski definition) is 2. The van der Waals surface area contributed by atoms with E-state index >= 15 is 0 Å². The molecule has 1 aliphatic carbocycles. The second-order valence-corrected chi connectivity index (χ2v) is 5.09. The summed E-state index contributed by atoms with van der Waals surface area (Å²) in [5.41, 5.74) is 4.41. The van der Waals surface area contributed by atoms with E-state index in [4.69, 9.17) is 5.73 Å². The van der Waals surface area contributed by atoms with E-state index in [2.05, 4.69) is 13.8 Å². The van der Waals surface area contributed by atoms with Gasteiger partial charge in [-0.3, -0.25) is 4.79 Å². The standard InChI is InChI=1S/C11H21NO2/c1-7(2)8-4-5-11(3,14)9(6-8)10(12)13/h7-9,14H,4-6H2,1-3H3,(H2,12,13). The molecule has 0 aliphatic heterocycles. The summed E-state index contributed by atoms with van der Waals surface area (Å²) in [6.07, 6.45) is 2.41. The Morgan fingerprint density at radius 3 is 2.57 bits per heavy atom.